The number of carbonyl (C=O) groups is 1. The number of rotatable bonds is 8. The van der Waals surface area contributed by atoms with Crippen LogP contribution in [0.5, 0.6) is 0 Å². The minimum atomic E-state index is 0.370. The van der Waals surface area contributed by atoms with Crippen LogP contribution < -0.4 is 5.32 Å². The predicted molar refractivity (Wildman–Crippen MR) is 81.1 cm³/mol. The molecule has 0 aliphatic carbocycles. The van der Waals surface area contributed by atoms with Gasteiger partial charge in [0.1, 0.15) is 0 Å². The standard InChI is InChI=1S/C16H32N2O/c1-13(2)6-9-18(10-7-14(3)4)16(19)11-15-5-8-17-12-15/h13-15,17H,5-12H2,1-4H3. The van der Waals surface area contributed by atoms with Gasteiger partial charge in [-0.25, -0.2) is 0 Å². The van der Waals surface area contributed by atoms with Crippen molar-refractivity contribution in [2.75, 3.05) is 26.2 Å². The maximum atomic E-state index is 12.4. The quantitative estimate of drug-likeness (QED) is 0.734. The third-order valence-corrected chi connectivity index (χ3v) is 3.93. The first-order valence-corrected chi connectivity index (χ1v) is 7.97. The van der Waals surface area contributed by atoms with Gasteiger partial charge < -0.3 is 10.2 Å². The minimum absolute atomic E-state index is 0.370. The van der Waals surface area contributed by atoms with Gasteiger partial charge >= 0.3 is 0 Å². The summed E-state index contributed by atoms with van der Waals surface area (Å²) in [6.45, 7) is 12.9. The highest BCUT2D eigenvalue weighted by Gasteiger charge is 2.21. The molecule has 1 aliphatic rings. The largest absolute Gasteiger partial charge is 0.343 e. The monoisotopic (exact) mass is 268 g/mol. The lowest BCUT2D eigenvalue weighted by Crippen LogP contribution is -2.35. The predicted octanol–water partition coefficient (Wildman–Crippen LogP) is 2.91. The molecule has 0 bridgehead atoms. The molecule has 112 valence electrons. The lowest BCUT2D eigenvalue weighted by molar-refractivity contribution is -0.132. The third-order valence-electron chi connectivity index (χ3n) is 3.93. The zero-order valence-corrected chi connectivity index (χ0v) is 13.2. The molecule has 0 aromatic carbocycles. The highest BCUT2D eigenvalue weighted by molar-refractivity contribution is 5.76. The van der Waals surface area contributed by atoms with Gasteiger partial charge in [0.25, 0.3) is 0 Å². The molecule has 1 atom stereocenters. The maximum Gasteiger partial charge on any atom is 0.222 e. The first kappa shape index (κ1) is 16.5. The van der Waals surface area contributed by atoms with Crippen molar-refractivity contribution in [1.82, 2.24) is 10.2 Å². The van der Waals surface area contributed by atoms with E-state index in [1.165, 1.54) is 0 Å². The molecule has 1 unspecified atom stereocenters. The van der Waals surface area contributed by atoms with Gasteiger partial charge in [0.05, 0.1) is 0 Å². The van der Waals surface area contributed by atoms with Crippen molar-refractivity contribution in [3.63, 3.8) is 0 Å². The van der Waals surface area contributed by atoms with Crippen LogP contribution in [-0.4, -0.2) is 37.0 Å². The zero-order chi connectivity index (χ0) is 14.3. The van der Waals surface area contributed by atoms with Gasteiger partial charge in [-0.1, -0.05) is 27.7 Å². The molecule has 1 heterocycles. The first-order chi connectivity index (χ1) is 8.99. The summed E-state index contributed by atoms with van der Waals surface area (Å²) in [5.74, 6) is 2.27. The van der Waals surface area contributed by atoms with E-state index in [4.69, 9.17) is 0 Å². The van der Waals surface area contributed by atoms with Crippen molar-refractivity contribution in [3.05, 3.63) is 0 Å². The molecule has 0 radical (unpaired) electrons. The molecule has 1 fully saturated rings. The highest BCUT2D eigenvalue weighted by atomic mass is 16.2. The Labute approximate surface area is 119 Å². The first-order valence-electron chi connectivity index (χ1n) is 7.97. The smallest absolute Gasteiger partial charge is 0.222 e. The van der Waals surface area contributed by atoms with Crippen molar-refractivity contribution in [2.45, 2.75) is 53.4 Å². The minimum Gasteiger partial charge on any atom is -0.343 e. The topological polar surface area (TPSA) is 32.3 Å². The third kappa shape index (κ3) is 6.95. The zero-order valence-electron chi connectivity index (χ0n) is 13.2. The second-order valence-electron chi connectivity index (χ2n) is 6.81. The van der Waals surface area contributed by atoms with Gasteiger partial charge in [0.2, 0.25) is 5.91 Å². The highest BCUT2D eigenvalue weighted by Crippen LogP contribution is 2.15. The molecule has 3 nitrogen and oxygen atoms in total. The molecule has 0 aromatic rings. The van der Waals surface area contributed by atoms with Crippen molar-refractivity contribution >= 4 is 5.91 Å². The molecule has 19 heavy (non-hydrogen) atoms. The SMILES string of the molecule is CC(C)CCN(CCC(C)C)C(=O)CC1CCNC1. The second-order valence-corrected chi connectivity index (χ2v) is 6.81. The average molecular weight is 268 g/mol. The molecular weight excluding hydrogens is 236 g/mol. The van der Waals surface area contributed by atoms with E-state index in [1.807, 2.05) is 0 Å². The van der Waals surface area contributed by atoms with E-state index in [0.717, 1.165) is 51.9 Å². The van der Waals surface area contributed by atoms with Crippen LogP contribution in [0.2, 0.25) is 0 Å². The van der Waals surface area contributed by atoms with Crippen molar-refractivity contribution in [2.24, 2.45) is 17.8 Å². The van der Waals surface area contributed by atoms with Gasteiger partial charge in [-0.05, 0) is 50.1 Å². The molecule has 1 N–H and O–H groups in total. The Hall–Kier alpha value is -0.570. The summed E-state index contributed by atoms with van der Waals surface area (Å²) in [5.41, 5.74) is 0. The van der Waals surface area contributed by atoms with Crippen molar-refractivity contribution < 1.29 is 4.79 Å². The summed E-state index contributed by atoms with van der Waals surface area (Å²) < 4.78 is 0. The van der Waals surface area contributed by atoms with Crippen LogP contribution in [0.3, 0.4) is 0 Å². The van der Waals surface area contributed by atoms with E-state index < -0.39 is 0 Å². The van der Waals surface area contributed by atoms with Gasteiger partial charge in [-0.3, -0.25) is 4.79 Å². The van der Waals surface area contributed by atoms with Crippen molar-refractivity contribution in [1.29, 1.82) is 0 Å². The van der Waals surface area contributed by atoms with Gasteiger partial charge in [-0.15, -0.1) is 0 Å². The number of hydrogen-bond acceptors (Lipinski definition) is 2. The van der Waals surface area contributed by atoms with Crippen LogP contribution in [0.4, 0.5) is 0 Å². The van der Waals surface area contributed by atoms with Crippen molar-refractivity contribution in [3.8, 4) is 0 Å². The molecule has 3 heteroatoms. The summed E-state index contributed by atoms with van der Waals surface area (Å²) in [6.07, 6.45) is 4.14. The average Bonchev–Trinajstić information content (AvgIpc) is 2.80. The van der Waals surface area contributed by atoms with E-state index in [2.05, 4.69) is 37.9 Å². The number of nitrogens with zero attached hydrogens (tertiary/aromatic N) is 1. The maximum absolute atomic E-state index is 12.4. The fourth-order valence-electron chi connectivity index (χ4n) is 2.45. The van der Waals surface area contributed by atoms with E-state index >= 15 is 0 Å². The van der Waals surface area contributed by atoms with Crippen LogP contribution in [0.1, 0.15) is 53.4 Å². The summed E-state index contributed by atoms with van der Waals surface area (Å²) in [4.78, 5) is 14.5. The number of nitrogens with one attached hydrogen (secondary N) is 1. The summed E-state index contributed by atoms with van der Waals surface area (Å²) >= 11 is 0. The fourth-order valence-corrected chi connectivity index (χ4v) is 2.45. The lowest BCUT2D eigenvalue weighted by atomic mass is 10.0. The van der Waals surface area contributed by atoms with Gasteiger partial charge in [-0.2, -0.15) is 0 Å². The summed E-state index contributed by atoms with van der Waals surface area (Å²) in [6, 6.07) is 0. The summed E-state index contributed by atoms with van der Waals surface area (Å²) in [7, 11) is 0. The Kier molecular flexibility index (Phi) is 7.44. The van der Waals surface area contributed by atoms with Crippen LogP contribution in [0.15, 0.2) is 0 Å². The molecule has 0 saturated carbocycles. The summed E-state index contributed by atoms with van der Waals surface area (Å²) in [5, 5.41) is 3.35. The Morgan fingerprint density at radius 2 is 1.74 bits per heavy atom. The molecule has 0 aromatic heterocycles. The number of amides is 1. The molecule has 1 saturated heterocycles. The normalized spacial score (nSPS) is 19.4. The van der Waals surface area contributed by atoms with Crippen LogP contribution >= 0.6 is 0 Å². The number of carbonyl (C=O) groups excluding carboxylic acids is 1. The second kappa shape index (κ2) is 8.57. The van der Waals surface area contributed by atoms with Crippen LogP contribution in [0.25, 0.3) is 0 Å². The van der Waals surface area contributed by atoms with Crippen LogP contribution in [0, 0.1) is 17.8 Å². The van der Waals surface area contributed by atoms with Crippen LogP contribution in [-0.2, 0) is 4.79 Å². The lowest BCUT2D eigenvalue weighted by Gasteiger charge is -2.25. The molecule has 1 rings (SSSR count). The molecular formula is C16H32N2O. The van der Waals surface area contributed by atoms with Gasteiger partial charge in [0, 0.05) is 19.5 Å². The Balaban J connectivity index is 2.42. The van der Waals surface area contributed by atoms with E-state index in [-0.39, 0.29) is 0 Å². The Bertz CT molecular complexity index is 245. The molecule has 0 spiro atoms. The van der Waals surface area contributed by atoms with Gasteiger partial charge in [0.15, 0.2) is 0 Å². The fraction of sp³-hybridized carbons (Fsp3) is 0.938. The molecule has 1 aliphatic heterocycles. The molecule has 1 amide bonds. The Morgan fingerprint density at radius 3 is 2.16 bits per heavy atom. The number of hydrogen-bond donors (Lipinski definition) is 1. The Morgan fingerprint density at radius 1 is 1.16 bits per heavy atom. The van der Waals surface area contributed by atoms with E-state index in [9.17, 15) is 4.79 Å². The van der Waals surface area contributed by atoms with E-state index in [1.54, 1.807) is 0 Å². The van der Waals surface area contributed by atoms with E-state index in [0.29, 0.717) is 23.7 Å².